The van der Waals surface area contributed by atoms with Gasteiger partial charge in [-0.3, -0.25) is 0 Å². The number of aryl methyl sites for hydroxylation is 1. The number of rotatable bonds is 3. The van der Waals surface area contributed by atoms with Gasteiger partial charge in [0.2, 0.25) is 5.95 Å². The van der Waals surface area contributed by atoms with E-state index in [2.05, 4.69) is 36.7 Å². The van der Waals surface area contributed by atoms with Gasteiger partial charge in [0.15, 0.2) is 5.16 Å². The molecule has 0 spiro atoms. The first-order valence-corrected chi connectivity index (χ1v) is 8.15. The Labute approximate surface area is 128 Å². The summed E-state index contributed by atoms with van der Waals surface area (Å²) in [6.07, 6.45) is 7.47. The normalized spacial score (nSPS) is 15.3. The monoisotopic (exact) mass is 302 g/mol. The predicted octanol–water partition coefficient (Wildman–Crippen LogP) is 1.62. The molecule has 110 valence electrons. The molecule has 0 radical (unpaired) electrons. The van der Waals surface area contributed by atoms with Crippen molar-refractivity contribution in [1.82, 2.24) is 19.9 Å². The average molecular weight is 302 g/mol. The van der Waals surface area contributed by atoms with Gasteiger partial charge in [0.05, 0.1) is 0 Å². The summed E-state index contributed by atoms with van der Waals surface area (Å²) < 4.78 is 0. The second kappa shape index (κ2) is 6.26. The number of nitrogens with zero attached hydrogens (tertiary/aromatic N) is 6. The van der Waals surface area contributed by atoms with Crippen LogP contribution in [0.25, 0.3) is 0 Å². The van der Waals surface area contributed by atoms with Gasteiger partial charge in [-0.15, -0.1) is 0 Å². The zero-order chi connectivity index (χ0) is 14.7. The first-order chi connectivity index (χ1) is 10.3. The summed E-state index contributed by atoms with van der Waals surface area (Å²) in [6.45, 7) is 5.71. The molecule has 2 aromatic rings. The maximum absolute atomic E-state index is 4.64. The summed E-state index contributed by atoms with van der Waals surface area (Å²) in [5, 5.41) is 0.824. The lowest BCUT2D eigenvalue weighted by Gasteiger charge is -2.35. The molecule has 0 amide bonds. The fraction of sp³-hybridized carbons (Fsp3) is 0.429. The Kier molecular flexibility index (Phi) is 4.19. The highest BCUT2D eigenvalue weighted by Gasteiger charge is 2.21. The number of piperazine rings is 1. The van der Waals surface area contributed by atoms with Gasteiger partial charge in [0.1, 0.15) is 5.82 Å². The van der Waals surface area contributed by atoms with Crippen molar-refractivity contribution >= 4 is 23.5 Å². The second-order valence-electron chi connectivity index (χ2n) is 4.89. The van der Waals surface area contributed by atoms with Crippen molar-refractivity contribution in [3.05, 3.63) is 30.2 Å². The van der Waals surface area contributed by atoms with Gasteiger partial charge >= 0.3 is 0 Å². The summed E-state index contributed by atoms with van der Waals surface area (Å²) in [4.78, 5) is 22.1. The van der Waals surface area contributed by atoms with Crippen LogP contribution in [0, 0.1) is 6.92 Å². The molecule has 1 aliphatic heterocycles. The van der Waals surface area contributed by atoms with Crippen LogP contribution in [0.1, 0.15) is 5.56 Å². The molecule has 6 nitrogen and oxygen atoms in total. The Morgan fingerprint density at radius 2 is 1.67 bits per heavy atom. The van der Waals surface area contributed by atoms with Crippen LogP contribution in [0.2, 0.25) is 0 Å². The van der Waals surface area contributed by atoms with E-state index in [1.807, 2.05) is 18.5 Å². The zero-order valence-corrected chi connectivity index (χ0v) is 13.0. The molecule has 21 heavy (non-hydrogen) atoms. The van der Waals surface area contributed by atoms with Crippen molar-refractivity contribution in [2.24, 2.45) is 0 Å². The molecule has 3 rings (SSSR count). The van der Waals surface area contributed by atoms with Crippen LogP contribution in [-0.2, 0) is 0 Å². The smallest absolute Gasteiger partial charge is 0.225 e. The Bertz CT molecular complexity index is 598. The molecule has 1 aliphatic rings. The molecule has 0 atom stereocenters. The molecule has 0 bridgehead atoms. The number of anilines is 2. The predicted molar refractivity (Wildman–Crippen MR) is 85.0 cm³/mol. The summed E-state index contributed by atoms with van der Waals surface area (Å²) in [5.74, 6) is 1.85. The van der Waals surface area contributed by atoms with E-state index in [0.29, 0.717) is 0 Å². The van der Waals surface area contributed by atoms with Crippen LogP contribution >= 0.6 is 11.8 Å². The van der Waals surface area contributed by atoms with E-state index in [1.54, 1.807) is 24.2 Å². The summed E-state index contributed by atoms with van der Waals surface area (Å²) >= 11 is 1.57. The summed E-state index contributed by atoms with van der Waals surface area (Å²) in [7, 11) is 0. The van der Waals surface area contributed by atoms with Crippen molar-refractivity contribution in [2.45, 2.75) is 12.1 Å². The molecule has 0 saturated carbocycles. The molecule has 0 unspecified atom stereocenters. The van der Waals surface area contributed by atoms with Gasteiger partial charge in [-0.1, -0.05) is 11.8 Å². The van der Waals surface area contributed by atoms with Crippen LogP contribution < -0.4 is 9.80 Å². The minimum Gasteiger partial charge on any atom is -0.353 e. The molecule has 0 aliphatic carbocycles. The fourth-order valence-electron chi connectivity index (χ4n) is 2.41. The van der Waals surface area contributed by atoms with E-state index >= 15 is 0 Å². The highest BCUT2D eigenvalue weighted by atomic mass is 32.2. The topological polar surface area (TPSA) is 58.0 Å². The maximum atomic E-state index is 4.64. The minimum absolute atomic E-state index is 0.807. The third kappa shape index (κ3) is 3.07. The SMILES string of the molecule is CSc1ncc(C)c(N2CCN(c3ncccn3)CC2)n1. The standard InChI is InChI=1S/C14H18N6S/c1-11-10-17-14(21-2)18-12(11)19-6-8-20(9-7-19)13-15-4-3-5-16-13/h3-5,10H,6-9H2,1-2H3. The molecular weight excluding hydrogens is 284 g/mol. The number of hydrogen-bond donors (Lipinski definition) is 0. The first-order valence-electron chi connectivity index (χ1n) is 6.92. The highest BCUT2D eigenvalue weighted by molar-refractivity contribution is 7.98. The molecule has 3 heterocycles. The quantitative estimate of drug-likeness (QED) is 0.631. The Balaban J connectivity index is 1.71. The molecule has 2 aromatic heterocycles. The lowest BCUT2D eigenvalue weighted by molar-refractivity contribution is 0.629. The molecule has 1 saturated heterocycles. The van der Waals surface area contributed by atoms with Crippen molar-refractivity contribution < 1.29 is 0 Å². The largest absolute Gasteiger partial charge is 0.353 e. The highest BCUT2D eigenvalue weighted by Crippen LogP contribution is 2.21. The van der Waals surface area contributed by atoms with Gasteiger partial charge < -0.3 is 9.80 Å². The maximum Gasteiger partial charge on any atom is 0.225 e. The lowest BCUT2D eigenvalue weighted by Crippen LogP contribution is -2.47. The Morgan fingerprint density at radius 3 is 2.33 bits per heavy atom. The van der Waals surface area contributed by atoms with Gasteiger partial charge in [0, 0.05) is 50.3 Å². The van der Waals surface area contributed by atoms with Crippen LogP contribution in [0.15, 0.2) is 29.8 Å². The van der Waals surface area contributed by atoms with E-state index in [0.717, 1.165) is 48.7 Å². The third-order valence-electron chi connectivity index (χ3n) is 3.52. The second-order valence-corrected chi connectivity index (χ2v) is 5.66. The van der Waals surface area contributed by atoms with Crippen molar-refractivity contribution in [3.8, 4) is 0 Å². The minimum atomic E-state index is 0.807. The Hall–Kier alpha value is -1.89. The van der Waals surface area contributed by atoms with Crippen molar-refractivity contribution in [2.75, 3.05) is 42.2 Å². The van der Waals surface area contributed by atoms with E-state index in [-0.39, 0.29) is 0 Å². The van der Waals surface area contributed by atoms with Crippen molar-refractivity contribution in [3.63, 3.8) is 0 Å². The van der Waals surface area contributed by atoms with Gasteiger partial charge in [-0.05, 0) is 19.2 Å². The van der Waals surface area contributed by atoms with Gasteiger partial charge in [0.25, 0.3) is 0 Å². The van der Waals surface area contributed by atoms with Crippen LogP contribution in [0.4, 0.5) is 11.8 Å². The lowest BCUT2D eigenvalue weighted by atomic mass is 10.2. The van der Waals surface area contributed by atoms with Crippen molar-refractivity contribution in [1.29, 1.82) is 0 Å². The summed E-state index contributed by atoms with van der Waals surface area (Å²) in [6, 6.07) is 1.84. The third-order valence-corrected chi connectivity index (χ3v) is 4.08. The van der Waals surface area contributed by atoms with Crippen LogP contribution in [0.5, 0.6) is 0 Å². The van der Waals surface area contributed by atoms with E-state index in [9.17, 15) is 0 Å². The molecule has 1 fully saturated rings. The zero-order valence-electron chi connectivity index (χ0n) is 12.2. The van der Waals surface area contributed by atoms with Gasteiger partial charge in [-0.2, -0.15) is 0 Å². The summed E-state index contributed by atoms with van der Waals surface area (Å²) in [5.41, 5.74) is 1.12. The first kappa shape index (κ1) is 14.1. The van der Waals surface area contributed by atoms with Crippen LogP contribution in [-0.4, -0.2) is 52.4 Å². The average Bonchev–Trinajstić information content (AvgIpc) is 2.56. The van der Waals surface area contributed by atoms with E-state index in [1.165, 1.54) is 0 Å². The van der Waals surface area contributed by atoms with Crippen LogP contribution in [0.3, 0.4) is 0 Å². The molecule has 0 aromatic carbocycles. The Morgan fingerprint density at radius 1 is 1.00 bits per heavy atom. The molecular formula is C14H18N6S. The fourth-order valence-corrected chi connectivity index (χ4v) is 2.74. The molecule has 0 N–H and O–H groups in total. The number of thioether (sulfide) groups is 1. The van der Waals surface area contributed by atoms with Gasteiger partial charge in [-0.25, -0.2) is 19.9 Å². The van der Waals surface area contributed by atoms with E-state index < -0.39 is 0 Å². The van der Waals surface area contributed by atoms with E-state index in [4.69, 9.17) is 0 Å². The number of hydrogen-bond acceptors (Lipinski definition) is 7. The number of aromatic nitrogens is 4. The molecule has 7 heteroatoms.